The fourth-order valence-electron chi connectivity index (χ4n) is 1.73. The van der Waals surface area contributed by atoms with Gasteiger partial charge in [0, 0.05) is 12.1 Å². The highest BCUT2D eigenvalue weighted by Gasteiger charge is 2.05. The topological polar surface area (TPSA) is 29.9 Å². The van der Waals surface area contributed by atoms with Gasteiger partial charge in [0.25, 0.3) is 0 Å². The summed E-state index contributed by atoms with van der Waals surface area (Å²) in [5.41, 5.74) is 3.09. The molecule has 18 heavy (non-hydrogen) atoms. The lowest BCUT2D eigenvalue weighted by Gasteiger charge is -2.08. The second kappa shape index (κ2) is 5.63. The summed E-state index contributed by atoms with van der Waals surface area (Å²) >= 11 is 12.0. The van der Waals surface area contributed by atoms with Crippen molar-refractivity contribution in [3.05, 3.63) is 45.7 Å². The Morgan fingerprint density at radius 2 is 2.06 bits per heavy atom. The lowest BCUT2D eigenvalue weighted by molar-refractivity contribution is 0.707. The minimum Gasteiger partial charge on any atom is -0.378 e. The van der Waals surface area contributed by atoms with Crippen LogP contribution in [0.1, 0.15) is 18.3 Å². The van der Waals surface area contributed by atoms with Gasteiger partial charge in [0.2, 0.25) is 0 Å². The van der Waals surface area contributed by atoms with E-state index in [9.17, 15) is 0 Å². The minimum atomic E-state index is 0.625. The Kier molecular flexibility index (Phi) is 4.15. The van der Waals surface area contributed by atoms with Crippen molar-refractivity contribution < 1.29 is 0 Å². The first-order valence-electron chi connectivity index (χ1n) is 5.81. The van der Waals surface area contributed by atoms with Gasteiger partial charge in [-0.2, -0.15) is 5.10 Å². The molecular formula is C13H15Cl2N3. The van der Waals surface area contributed by atoms with Crippen LogP contribution in [0.4, 0.5) is 5.69 Å². The van der Waals surface area contributed by atoms with E-state index in [2.05, 4.69) is 23.4 Å². The van der Waals surface area contributed by atoms with Crippen LogP contribution < -0.4 is 5.32 Å². The predicted octanol–water partition coefficient (Wildman–Crippen LogP) is 3.90. The molecule has 2 aromatic rings. The van der Waals surface area contributed by atoms with Crippen molar-refractivity contribution in [1.29, 1.82) is 0 Å². The second-order valence-corrected chi connectivity index (χ2v) is 4.93. The van der Waals surface area contributed by atoms with Gasteiger partial charge in [-0.25, -0.2) is 0 Å². The molecule has 0 saturated carbocycles. The summed E-state index contributed by atoms with van der Waals surface area (Å²) in [6.07, 6.45) is 0.940. The maximum absolute atomic E-state index is 6.10. The SMILES string of the molecule is CCc1cc(CNc2ccc(Cl)cc2Cl)n(C)n1. The predicted molar refractivity (Wildman–Crippen MR) is 76.4 cm³/mol. The molecule has 0 bridgehead atoms. The molecule has 0 aliphatic rings. The number of nitrogens with one attached hydrogen (secondary N) is 1. The van der Waals surface area contributed by atoms with E-state index in [1.807, 2.05) is 23.9 Å². The summed E-state index contributed by atoms with van der Waals surface area (Å²) in [6.45, 7) is 2.78. The number of aromatic nitrogens is 2. The molecule has 1 heterocycles. The Balaban J connectivity index is 2.08. The normalized spacial score (nSPS) is 10.7. The standard InChI is InChI=1S/C13H15Cl2N3/c1-3-10-7-11(18(2)17-10)8-16-13-5-4-9(14)6-12(13)15/h4-7,16H,3,8H2,1-2H3. The van der Waals surface area contributed by atoms with E-state index in [1.165, 1.54) is 0 Å². The lowest BCUT2D eigenvalue weighted by Crippen LogP contribution is -2.05. The summed E-state index contributed by atoms with van der Waals surface area (Å²) in [6, 6.07) is 7.52. The smallest absolute Gasteiger partial charge is 0.0652 e. The van der Waals surface area contributed by atoms with Crippen molar-refractivity contribution >= 4 is 28.9 Å². The number of hydrogen-bond acceptors (Lipinski definition) is 2. The number of anilines is 1. The van der Waals surface area contributed by atoms with Crippen molar-refractivity contribution in [2.75, 3.05) is 5.32 Å². The van der Waals surface area contributed by atoms with Gasteiger partial charge in [-0.15, -0.1) is 0 Å². The number of aryl methyl sites for hydroxylation is 2. The number of rotatable bonds is 4. The molecule has 0 atom stereocenters. The molecule has 0 aliphatic heterocycles. The molecule has 5 heteroatoms. The maximum Gasteiger partial charge on any atom is 0.0652 e. The average molecular weight is 284 g/mol. The Hall–Kier alpha value is -1.19. The van der Waals surface area contributed by atoms with E-state index < -0.39 is 0 Å². The first kappa shape index (κ1) is 13.2. The molecule has 0 saturated heterocycles. The third-order valence-corrected chi connectivity index (χ3v) is 3.33. The molecule has 3 nitrogen and oxygen atoms in total. The molecule has 0 amide bonds. The summed E-state index contributed by atoms with van der Waals surface area (Å²) in [5, 5.41) is 8.95. The van der Waals surface area contributed by atoms with Crippen LogP contribution in [-0.4, -0.2) is 9.78 Å². The summed E-state index contributed by atoms with van der Waals surface area (Å²) in [5.74, 6) is 0. The van der Waals surface area contributed by atoms with Gasteiger partial charge < -0.3 is 5.32 Å². The van der Waals surface area contributed by atoms with Crippen LogP contribution in [-0.2, 0) is 20.0 Å². The van der Waals surface area contributed by atoms with Crippen LogP contribution in [0, 0.1) is 0 Å². The summed E-state index contributed by atoms with van der Waals surface area (Å²) in [7, 11) is 1.94. The van der Waals surface area contributed by atoms with Crippen LogP contribution in [0.5, 0.6) is 0 Å². The highest BCUT2D eigenvalue weighted by molar-refractivity contribution is 6.36. The number of benzene rings is 1. The number of halogens is 2. The van der Waals surface area contributed by atoms with Crippen LogP contribution in [0.2, 0.25) is 10.0 Å². The number of nitrogens with zero attached hydrogens (tertiary/aromatic N) is 2. The molecule has 0 fully saturated rings. The molecule has 96 valence electrons. The van der Waals surface area contributed by atoms with Gasteiger partial charge >= 0.3 is 0 Å². The van der Waals surface area contributed by atoms with E-state index in [-0.39, 0.29) is 0 Å². The molecule has 1 aromatic carbocycles. The van der Waals surface area contributed by atoms with Crippen LogP contribution in [0.15, 0.2) is 24.3 Å². The van der Waals surface area contributed by atoms with E-state index in [0.29, 0.717) is 16.6 Å². The quantitative estimate of drug-likeness (QED) is 0.922. The zero-order valence-electron chi connectivity index (χ0n) is 10.4. The van der Waals surface area contributed by atoms with Gasteiger partial charge in [-0.3, -0.25) is 4.68 Å². The lowest BCUT2D eigenvalue weighted by atomic mass is 10.3. The van der Waals surface area contributed by atoms with Gasteiger partial charge in [0.05, 0.1) is 28.6 Å². The first-order valence-corrected chi connectivity index (χ1v) is 6.56. The number of hydrogen-bond donors (Lipinski definition) is 1. The van der Waals surface area contributed by atoms with Crippen LogP contribution in [0.3, 0.4) is 0 Å². The van der Waals surface area contributed by atoms with Crippen molar-refractivity contribution in [1.82, 2.24) is 9.78 Å². The Morgan fingerprint density at radius 1 is 1.28 bits per heavy atom. The molecule has 0 radical (unpaired) electrons. The third kappa shape index (κ3) is 2.98. The molecule has 0 unspecified atom stereocenters. The molecule has 2 rings (SSSR count). The molecule has 0 aliphatic carbocycles. The van der Waals surface area contributed by atoms with E-state index in [1.54, 1.807) is 6.07 Å². The van der Waals surface area contributed by atoms with Crippen molar-refractivity contribution in [3.63, 3.8) is 0 Å². The molecular weight excluding hydrogens is 269 g/mol. The zero-order valence-corrected chi connectivity index (χ0v) is 11.9. The van der Waals surface area contributed by atoms with E-state index in [0.717, 1.165) is 23.5 Å². The van der Waals surface area contributed by atoms with Crippen molar-refractivity contribution in [2.45, 2.75) is 19.9 Å². The van der Waals surface area contributed by atoms with Gasteiger partial charge in [-0.05, 0) is 30.7 Å². The third-order valence-electron chi connectivity index (χ3n) is 2.78. The highest BCUT2D eigenvalue weighted by atomic mass is 35.5. The summed E-state index contributed by atoms with van der Waals surface area (Å²) < 4.78 is 1.88. The first-order chi connectivity index (χ1) is 8.60. The minimum absolute atomic E-state index is 0.625. The van der Waals surface area contributed by atoms with Crippen molar-refractivity contribution in [2.24, 2.45) is 7.05 Å². The zero-order chi connectivity index (χ0) is 13.1. The van der Waals surface area contributed by atoms with E-state index in [4.69, 9.17) is 23.2 Å². The van der Waals surface area contributed by atoms with Crippen LogP contribution in [0.25, 0.3) is 0 Å². The fourth-order valence-corrected chi connectivity index (χ4v) is 2.20. The Labute approximate surface area is 117 Å². The van der Waals surface area contributed by atoms with E-state index >= 15 is 0 Å². The van der Waals surface area contributed by atoms with Crippen molar-refractivity contribution in [3.8, 4) is 0 Å². The van der Waals surface area contributed by atoms with Gasteiger partial charge in [0.15, 0.2) is 0 Å². The fraction of sp³-hybridized carbons (Fsp3) is 0.308. The second-order valence-electron chi connectivity index (χ2n) is 4.08. The Bertz CT molecular complexity index is 549. The molecule has 1 N–H and O–H groups in total. The molecule has 1 aromatic heterocycles. The largest absolute Gasteiger partial charge is 0.378 e. The monoisotopic (exact) mass is 283 g/mol. The average Bonchev–Trinajstić information content (AvgIpc) is 2.69. The van der Waals surface area contributed by atoms with Gasteiger partial charge in [-0.1, -0.05) is 30.1 Å². The summed E-state index contributed by atoms with van der Waals surface area (Å²) in [4.78, 5) is 0. The maximum atomic E-state index is 6.10. The molecule has 0 spiro atoms. The highest BCUT2D eigenvalue weighted by Crippen LogP contribution is 2.25. The Morgan fingerprint density at radius 3 is 2.67 bits per heavy atom. The van der Waals surface area contributed by atoms with Crippen LogP contribution >= 0.6 is 23.2 Å². The van der Waals surface area contributed by atoms with Gasteiger partial charge in [0.1, 0.15) is 0 Å².